The van der Waals surface area contributed by atoms with Gasteiger partial charge in [-0.15, -0.1) is 11.7 Å². The van der Waals surface area contributed by atoms with Gasteiger partial charge in [-0.1, -0.05) is 41.1 Å². The lowest BCUT2D eigenvalue weighted by Crippen LogP contribution is -2.49. The Hall–Kier alpha value is -2.45. The molecule has 1 saturated heterocycles. The Labute approximate surface area is 149 Å². The molecule has 0 spiro atoms. The number of likely N-dealkylation sites (tertiary alicyclic amines) is 1. The van der Waals surface area contributed by atoms with Crippen molar-refractivity contribution >= 4 is 0 Å². The van der Waals surface area contributed by atoms with E-state index >= 15 is 0 Å². The smallest absolute Gasteiger partial charge is 0.0999 e. The molecule has 2 heterocycles. The summed E-state index contributed by atoms with van der Waals surface area (Å²) in [6.07, 6.45) is 5.39. The van der Waals surface area contributed by atoms with Gasteiger partial charge in [0.2, 0.25) is 0 Å². The maximum atomic E-state index is 10.1. The van der Waals surface area contributed by atoms with Crippen molar-refractivity contribution in [3.05, 3.63) is 59.9 Å². The van der Waals surface area contributed by atoms with Gasteiger partial charge in [0.1, 0.15) is 0 Å². The fourth-order valence-corrected chi connectivity index (χ4v) is 3.97. The highest BCUT2D eigenvalue weighted by atomic mass is 15.4. The predicted molar refractivity (Wildman–Crippen MR) is 97.8 cm³/mol. The van der Waals surface area contributed by atoms with Gasteiger partial charge in [-0.05, 0) is 32.3 Å². The van der Waals surface area contributed by atoms with Gasteiger partial charge in [-0.3, -0.25) is 9.58 Å². The van der Waals surface area contributed by atoms with Crippen LogP contribution in [-0.2, 0) is 12.5 Å². The molecule has 0 N–H and O–H groups in total. The van der Waals surface area contributed by atoms with Gasteiger partial charge in [0, 0.05) is 25.8 Å². The highest BCUT2D eigenvalue weighted by Crippen LogP contribution is 2.45. The van der Waals surface area contributed by atoms with E-state index in [4.69, 9.17) is 0 Å². The summed E-state index contributed by atoms with van der Waals surface area (Å²) in [5.41, 5.74) is 2.72. The average Bonchev–Trinajstić information content (AvgIpc) is 3.03. The zero-order valence-electron chi connectivity index (χ0n) is 15.2. The summed E-state index contributed by atoms with van der Waals surface area (Å²) in [6, 6.07) is 11.3. The molecule has 1 aliphatic heterocycles. The fourth-order valence-electron chi connectivity index (χ4n) is 3.97. The molecule has 0 radical (unpaired) electrons. The lowest BCUT2D eigenvalue weighted by atomic mass is 9.68. The average molecular weight is 335 g/mol. The number of nitriles is 1. The molecule has 25 heavy (non-hydrogen) atoms. The Morgan fingerprint density at radius 3 is 2.64 bits per heavy atom. The van der Waals surface area contributed by atoms with Crippen molar-refractivity contribution in [3.8, 4) is 6.07 Å². The van der Waals surface area contributed by atoms with Gasteiger partial charge in [-0.25, -0.2) is 0 Å². The maximum Gasteiger partial charge on any atom is 0.0999 e. The fraction of sp³-hybridized carbons (Fsp3) is 0.450. The summed E-state index contributed by atoms with van der Waals surface area (Å²) in [5, 5.41) is 18.6. The van der Waals surface area contributed by atoms with Crippen molar-refractivity contribution in [2.45, 2.75) is 44.2 Å². The summed E-state index contributed by atoms with van der Waals surface area (Å²) in [4.78, 5) is 2.38. The molecule has 0 saturated carbocycles. The van der Waals surface area contributed by atoms with E-state index in [0.29, 0.717) is 6.42 Å². The molecule has 1 aliphatic rings. The van der Waals surface area contributed by atoms with Crippen LogP contribution in [0.1, 0.15) is 42.6 Å². The molecule has 1 aromatic carbocycles. The second kappa shape index (κ2) is 6.81. The van der Waals surface area contributed by atoms with Crippen LogP contribution in [0.4, 0.5) is 0 Å². The number of aromatic nitrogens is 3. The van der Waals surface area contributed by atoms with E-state index in [1.54, 1.807) is 4.68 Å². The SMILES string of the molecule is C=CCN1[C@@H](C)C[C@@](C#N)(c2ccc(C)cc2)C[C@H]1c1cn(C)nn1. The summed E-state index contributed by atoms with van der Waals surface area (Å²) in [5.74, 6) is 0. The van der Waals surface area contributed by atoms with Crippen molar-refractivity contribution in [1.82, 2.24) is 19.9 Å². The zero-order valence-corrected chi connectivity index (χ0v) is 15.2. The Morgan fingerprint density at radius 2 is 2.08 bits per heavy atom. The number of benzene rings is 1. The highest BCUT2D eigenvalue weighted by molar-refractivity contribution is 5.36. The van der Waals surface area contributed by atoms with Gasteiger partial charge in [0.15, 0.2) is 0 Å². The Morgan fingerprint density at radius 1 is 1.36 bits per heavy atom. The van der Waals surface area contributed by atoms with Gasteiger partial charge in [-0.2, -0.15) is 5.26 Å². The van der Waals surface area contributed by atoms with E-state index in [2.05, 4.69) is 66.0 Å². The number of hydrogen-bond donors (Lipinski definition) is 0. The van der Waals surface area contributed by atoms with Gasteiger partial charge in [0.25, 0.3) is 0 Å². The summed E-state index contributed by atoms with van der Waals surface area (Å²) < 4.78 is 1.72. The Bertz CT molecular complexity index is 785. The third-order valence-corrected chi connectivity index (χ3v) is 5.27. The quantitative estimate of drug-likeness (QED) is 0.805. The van der Waals surface area contributed by atoms with E-state index in [1.165, 1.54) is 5.56 Å². The van der Waals surface area contributed by atoms with Crippen LogP contribution in [0.15, 0.2) is 43.1 Å². The minimum atomic E-state index is -0.507. The molecule has 3 rings (SSSR count). The van der Waals surface area contributed by atoms with E-state index in [9.17, 15) is 5.26 Å². The second-order valence-corrected chi connectivity index (χ2v) is 7.14. The minimum absolute atomic E-state index is 0.0522. The molecule has 0 amide bonds. The third kappa shape index (κ3) is 3.22. The normalized spacial score (nSPS) is 27.0. The van der Waals surface area contributed by atoms with Crippen LogP contribution in [0, 0.1) is 18.3 Å². The van der Waals surface area contributed by atoms with E-state index < -0.39 is 5.41 Å². The van der Waals surface area contributed by atoms with Crippen LogP contribution in [0.25, 0.3) is 0 Å². The lowest BCUT2D eigenvalue weighted by molar-refractivity contribution is 0.0705. The Balaban J connectivity index is 2.03. The Kier molecular flexibility index (Phi) is 4.73. The molecule has 0 unspecified atom stereocenters. The molecule has 0 aliphatic carbocycles. The number of rotatable bonds is 4. The number of aryl methyl sites for hydroxylation is 2. The molecule has 1 aromatic heterocycles. The molecule has 2 aromatic rings. The first-order valence-corrected chi connectivity index (χ1v) is 8.70. The van der Waals surface area contributed by atoms with Crippen molar-refractivity contribution in [2.75, 3.05) is 6.54 Å². The highest BCUT2D eigenvalue weighted by Gasteiger charge is 2.45. The summed E-state index contributed by atoms with van der Waals surface area (Å²) in [7, 11) is 1.87. The third-order valence-electron chi connectivity index (χ3n) is 5.27. The number of nitrogens with zero attached hydrogens (tertiary/aromatic N) is 5. The van der Waals surface area contributed by atoms with Crippen LogP contribution in [0.5, 0.6) is 0 Å². The number of hydrogen-bond acceptors (Lipinski definition) is 4. The van der Waals surface area contributed by atoms with Crippen LogP contribution in [0.2, 0.25) is 0 Å². The van der Waals surface area contributed by atoms with Crippen molar-refractivity contribution in [3.63, 3.8) is 0 Å². The summed E-state index contributed by atoms with van der Waals surface area (Å²) in [6.45, 7) is 8.93. The van der Waals surface area contributed by atoms with Crippen LogP contribution in [-0.4, -0.2) is 32.5 Å². The van der Waals surface area contributed by atoms with E-state index in [0.717, 1.165) is 24.2 Å². The van der Waals surface area contributed by atoms with Crippen LogP contribution >= 0.6 is 0 Å². The van der Waals surface area contributed by atoms with Crippen molar-refractivity contribution < 1.29 is 0 Å². The van der Waals surface area contributed by atoms with E-state index in [-0.39, 0.29) is 12.1 Å². The predicted octanol–water partition coefficient (Wildman–Crippen LogP) is 3.30. The minimum Gasteiger partial charge on any atom is -0.288 e. The van der Waals surface area contributed by atoms with Gasteiger partial charge < -0.3 is 0 Å². The van der Waals surface area contributed by atoms with Gasteiger partial charge >= 0.3 is 0 Å². The molecule has 5 nitrogen and oxygen atoms in total. The van der Waals surface area contributed by atoms with Gasteiger partial charge in [0.05, 0.1) is 23.2 Å². The van der Waals surface area contributed by atoms with E-state index in [1.807, 2.05) is 19.3 Å². The monoisotopic (exact) mass is 335 g/mol. The molecule has 1 fully saturated rings. The largest absolute Gasteiger partial charge is 0.288 e. The molecular weight excluding hydrogens is 310 g/mol. The molecule has 0 bridgehead atoms. The summed E-state index contributed by atoms with van der Waals surface area (Å²) >= 11 is 0. The lowest BCUT2D eigenvalue weighted by Gasteiger charge is -2.46. The second-order valence-electron chi connectivity index (χ2n) is 7.14. The first-order chi connectivity index (χ1) is 12.0. The van der Waals surface area contributed by atoms with Crippen molar-refractivity contribution in [2.24, 2.45) is 7.05 Å². The zero-order chi connectivity index (χ0) is 18.0. The molecule has 5 heteroatoms. The molecule has 130 valence electrons. The standard InChI is InChI=1S/C20H25N5/c1-5-10-25-16(3)11-20(14-21,17-8-6-15(2)7-9-17)12-19(25)18-13-24(4)23-22-18/h5-9,13,16,19H,1,10-12H2,2-4H3/t16-,19-,20+/m0/s1. The molecular formula is C20H25N5. The van der Waals surface area contributed by atoms with Crippen LogP contribution < -0.4 is 0 Å². The first kappa shape index (κ1) is 17.4. The number of piperidine rings is 1. The maximum absolute atomic E-state index is 10.1. The van der Waals surface area contributed by atoms with Crippen molar-refractivity contribution in [1.29, 1.82) is 5.26 Å². The van der Waals surface area contributed by atoms with Crippen LogP contribution in [0.3, 0.4) is 0 Å². The topological polar surface area (TPSA) is 57.7 Å². The molecule has 3 atom stereocenters. The first-order valence-electron chi connectivity index (χ1n) is 8.70.